The highest BCUT2D eigenvalue weighted by atomic mass is 32.2. The number of likely N-dealkylation sites (N-methyl/N-ethyl adjacent to an activating group) is 1. The van der Waals surface area contributed by atoms with Crippen molar-refractivity contribution in [1.82, 2.24) is 29.0 Å². The summed E-state index contributed by atoms with van der Waals surface area (Å²) in [7, 11) is 2.06. The Morgan fingerprint density at radius 2 is 1.96 bits per heavy atom. The van der Waals surface area contributed by atoms with Gasteiger partial charge in [0.2, 0.25) is 11.7 Å². The van der Waals surface area contributed by atoms with Gasteiger partial charge in [-0.2, -0.15) is 0 Å². The average Bonchev–Trinajstić information content (AvgIpc) is 3.14. The largest absolute Gasteiger partial charge is 0.339 e. The molecule has 0 atom stereocenters. The van der Waals surface area contributed by atoms with Crippen molar-refractivity contribution in [2.45, 2.75) is 11.7 Å². The second kappa shape index (κ2) is 7.76. The molecule has 1 aliphatic rings. The number of rotatable bonds is 5. The van der Waals surface area contributed by atoms with Gasteiger partial charge in [-0.3, -0.25) is 18.6 Å². The Hall–Kier alpha value is -2.65. The summed E-state index contributed by atoms with van der Waals surface area (Å²) >= 11 is 1.35. The fourth-order valence-corrected chi connectivity index (χ4v) is 4.24. The summed E-state index contributed by atoms with van der Waals surface area (Å²) in [5, 5.41) is 9.68. The summed E-state index contributed by atoms with van der Waals surface area (Å²) in [6.45, 7) is 7.35. The first kappa shape index (κ1) is 18.7. The lowest BCUT2D eigenvalue weighted by Gasteiger charge is -2.32. The van der Waals surface area contributed by atoms with Gasteiger partial charge in [0.1, 0.15) is 0 Å². The lowest BCUT2D eigenvalue weighted by atomic mass is 10.2. The zero-order valence-electron chi connectivity index (χ0n) is 15.7. The zero-order valence-corrected chi connectivity index (χ0v) is 16.6. The Bertz CT molecular complexity index is 1100. The molecule has 2 aromatic heterocycles. The molecule has 1 aromatic carbocycles. The third-order valence-electron chi connectivity index (χ3n) is 4.97. The fourth-order valence-electron chi connectivity index (χ4n) is 3.39. The monoisotopic (exact) mass is 398 g/mol. The van der Waals surface area contributed by atoms with E-state index in [1.54, 1.807) is 16.7 Å². The number of thioether (sulfide) groups is 1. The second-order valence-corrected chi connectivity index (χ2v) is 7.75. The molecule has 0 spiro atoms. The van der Waals surface area contributed by atoms with Crippen LogP contribution in [0.5, 0.6) is 0 Å². The maximum atomic E-state index is 12.8. The minimum Gasteiger partial charge on any atom is -0.339 e. The third kappa shape index (κ3) is 3.31. The molecule has 1 fully saturated rings. The number of amides is 1. The standard InChI is InChI=1S/C19H22N6O2S/c1-3-8-24-17(27)14-6-4-5-7-15(14)25-18(24)20-21-19(25)28-13-16(26)23-11-9-22(2)10-12-23/h3-7H,1,8-13H2,2H3. The molecule has 1 saturated heterocycles. The molecule has 8 nitrogen and oxygen atoms in total. The van der Waals surface area contributed by atoms with Crippen molar-refractivity contribution in [2.75, 3.05) is 39.0 Å². The molecule has 0 radical (unpaired) electrons. The van der Waals surface area contributed by atoms with Crippen LogP contribution in [0, 0.1) is 0 Å². The molecule has 1 amide bonds. The fraction of sp³-hybridized carbons (Fsp3) is 0.368. The Balaban J connectivity index is 1.67. The van der Waals surface area contributed by atoms with E-state index in [0.717, 1.165) is 31.7 Å². The van der Waals surface area contributed by atoms with E-state index in [1.165, 1.54) is 11.8 Å². The highest BCUT2D eigenvalue weighted by molar-refractivity contribution is 7.99. The van der Waals surface area contributed by atoms with E-state index in [2.05, 4.69) is 28.7 Å². The first-order valence-electron chi connectivity index (χ1n) is 9.17. The molecule has 146 valence electrons. The maximum Gasteiger partial charge on any atom is 0.263 e. The molecule has 9 heteroatoms. The highest BCUT2D eigenvalue weighted by Crippen LogP contribution is 2.22. The maximum absolute atomic E-state index is 12.8. The summed E-state index contributed by atoms with van der Waals surface area (Å²) < 4.78 is 3.40. The molecule has 0 bridgehead atoms. The molecule has 0 N–H and O–H groups in total. The smallest absolute Gasteiger partial charge is 0.263 e. The third-order valence-corrected chi connectivity index (χ3v) is 5.88. The molecule has 0 unspecified atom stereocenters. The number of benzene rings is 1. The van der Waals surface area contributed by atoms with E-state index in [-0.39, 0.29) is 11.5 Å². The van der Waals surface area contributed by atoms with Crippen molar-refractivity contribution < 1.29 is 4.79 Å². The van der Waals surface area contributed by atoms with Crippen LogP contribution in [0.25, 0.3) is 16.7 Å². The van der Waals surface area contributed by atoms with Crippen molar-refractivity contribution >= 4 is 34.3 Å². The van der Waals surface area contributed by atoms with Crippen LogP contribution in [-0.2, 0) is 11.3 Å². The summed E-state index contributed by atoms with van der Waals surface area (Å²) in [4.78, 5) is 29.5. The van der Waals surface area contributed by atoms with Gasteiger partial charge in [0.05, 0.1) is 16.7 Å². The number of hydrogen-bond acceptors (Lipinski definition) is 6. The highest BCUT2D eigenvalue weighted by Gasteiger charge is 2.21. The number of carbonyl (C=O) groups excluding carboxylic acids is 1. The molecule has 4 rings (SSSR count). The van der Waals surface area contributed by atoms with Crippen LogP contribution in [0.3, 0.4) is 0 Å². The Kier molecular flexibility index (Phi) is 5.19. The van der Waals surface area contributed by atoms with Gasteiger partial charge < -0.3 is 9.80 Å². The molecular formula is C19H22N6O2S. The normalized spacial score (nSPS) is 15.4. The predicted octanol–water partition coefficient (Wildman–Crippen LogP) is 1.10. The van der Waals surface area contributed by atoms with Crippen LogP contribution < -0.4 is 5.56 Å². The van der Waals surface area contributed by atoms with E-state index in [4.69, 9.17) is 0 Å². The van der Waals surface area contributed by atoms with Gasteiger partial charge >= 0.3 is 0 Å². The Morgan fingerprint density at radius 3 is 2.71 bits per heavy atom. The van der Waals surface area contributed by atoms with Crippen LogP contribution in [-0.4, -0.2) is 73.9 Å². The molecule has 28 heavy (non-hydrogen) atoms. The van der Waals surface area contributed by atoms with E-state index in [0.29, 0.717) is 28.6 Å². The molecule has 3 heterocycles. The number of para-hydroxylation sites is 1. The zero-order chi connectivity index (χ0) is 19.7. The van der Waals surface area contributed by atoms with Crippen LogP contribution in [0.4, 0.5) is 0 Å². The van der Waals surface area contributed by atoms with Crippen LogP contribution in [0.2, 0.25) is 0 Å². The van der Waals surface area contributed by atoms with E-state index < -0.39 is 0 Å². The van der Waals surface area contributed by atoms with Crippen molar-refractivity contribution in [3.8, 4) is 0 Å². The van der Waals surface area contributed by atoms with Crippen LogP contribution >= 0.6 is 11.8 Å². The van der Waals surface area contributed by atoms with Gasteiger partial charge in [-0.1, -0.05) is 30.0 Å². The molecular weight excluding hydrogens is 376 g/mol. The Morgan fingerprint density at radius 1 is 1.21 bits per heavy atom. The van der Waals surface area contributed by atoms with Gasteiger partial charge in [0.25, 0.3) is 5.56 Å². The number of piperazine rings is 1. The van der Waals surface area contributed by atoms with Gasteiger partial charge in [-0.05, 0) is 19.2 Å². The van der Waals surface area contributed by atoms with Gasteiger partial charge in [0.15, 0.2) is 5.16 Å². The number of nitrogens with zero attached hydrogens (tertiary/aromatic N) is 6. The summed E-state index contributed by atoms with van der Waals surface area (Å²) in [6, 6.07) is 7.38. The topological polar surface area (TPSA) is 75.7 Å². The number of allylic oxidation sites excluding steroid dienone is 1. The number of fused-ring (bicyclic) bond motifs is 3. The molecule has 0 aliphatic carbocycles. The van der Waals surface area contributed by atoms with Gasteiger partial charge in [0, 0.05) is 32.7 Å². The first-order valence-corrected chi connectivity index (χ1v) is 10.2. The molecule has 3 aromatic rings. The SMILES string of the molecule is C=CCn1c(=O)c2ccccc2n2c(SCC(=O)N3CCN(C)CC3)nnc12. The van der Waals surface area contributed by atoms with Gasteiger partial charge in [-0.25, -0.2) is 0 Å². The minimum atomic E-state index is -0.125. The quantitative estimate of drug-likeness (QED) is 0.473. The van der Waals surface area contributed by atoms with Crippen molar-refractivity contribution in [1.29, 1.82) is 0 Å². The molecule has 1 aliphatic heterocycles. The Labute approximate surface area is 166 Å². The van der Waals surface area contributed by atoms with E-state index in [9.17, 15) is 9.59 Å². The van der Waals surface area contributed by atoms with Crippen molar-refractivity contribution in [2.24, 2.45) is 0 Å². The van der Waals surface area contributed by atoms with E-state index in [1.807, 2.05) is 27.5 Å². The average molecular weight is 398 g/mol. The number of hydrogen-bond donors (Lipinski definition) is 0. The first-order chi connectivity index (χ1) is 13.6. The van der Waals surface area contributed by atoms with Crippen LogP contribution in [0.1, 0.15) is 0 Å². The molecule has 0 saturated carbocycles. The minimum absolute atomic E-state index is 0.0959. The summed E-state index contributed by atoms with van der Waals surface area (Å²) in [5.41, 5.74) is 0.614. The van der Waals surface area contributed by atoms with Gasteiger partial charge in [-0.15, -0.1) is 16.8 Å². The van der Waals surface area contributed by atoms with Crippen LogP contribution in [0.15, 0.2) is 46.9 Å². The second-order valence-electron chi connectivity index (χ2n) is 6.81. The predicted molar refractivity (Wildman–Crippen MR) is 110 cm³/mol. The van der Waals surface area contributed by atoms with Crippen molar-refractivity contribution in [3.05, 3.63) is 47.3 Å². The lowest BCUT2D eigenvalue weighted by Crippen LogP contribution is -2.47. The number of aromatic nitrogens is 4. The summed E-state index contributed by atoms with van der Waals surface area (Å²) in [5.74, 6) is 0.844. The summed E-state index contributed by atoms with van der Waals surface area (Å²) in [6.07, 6.45) is 1.66. The number of carbonyl (C=O) groups is 1. The van der Waals surface area contributed by atoms with Crippen molar-refractivity contribution in [3.63, 3.8) is 0 Å². The lowest BCUT2D eigenvalue weighted by molar-refractivity contribution is -0.129. The van der Waals surface area contributed by atoms with E-state index >= 15 is 0 Å².